The number of carbonyl (C=O) groups is 2. The Labute approximate surface area is 163 Å². The predicted octanol–water partition coefficient (Wildman–Crippen LogP) is 3.20. The van der Waals surface area contributed by atoms with Gasteiger partial charge in [0.05, 0.1) is 16.1 Å². The maximum atomic E-state index is 12.6. The monoisotopic (exact) mass is 391 g/mol. The molecule has 1 amide bonds. The van der Waals surface area contributed by atoms with E-state index >= 15 is 0 Å². The number of amides is 1. The Kier molecular flexibility index (Phi) is 4.89. The molecule has 9 heteroatoms. The lowest BCUT2D eigenvalue weighted by atomic mass is 10.2. The molecule has 0 unspecified atom stereocenters. The second-order valence-corrected chi connectivity index (χ2v) is 6.56. The average molecular weight is 391 g/mol. The molecule has 0 atom stereocenters. The first kappa shape index (κ1) is 17.6. The van der Waals surface area contributed by atoms with Crippen LogP contribution in [-0.4, -0.2) is 32.1 Å². The van der Waals surface area contributed by atoms with Gasteiger partial charge in [-0.2, -0.15) is 4.68 Å². The smallest absolute Gasteiger partial charge is 0.345 e. The minimum Gasteiger partial charge on any atom is -0.423 e. The fraction of sp³-hybridized carbons (Fsp3) is 0. The molecule has 0 bridgehead atoms. The molecule has 4 rings (SSSR count). The zero-order chi connectivity index (χ0) is 19.3. The minimum absolute atomic E-state index is 0.185. The summed E-state index contributed by atoms with van der Waals surface area (Å²) in [6.07, 6.45) is 1.40. The van der Waals surface area contributed by atoms with Crippen LogP contribution in [0.3, 0.4) is 0 Å². The van der Waals surface area contributed by atoms with Crippen molar-refractivity contribution >= 4 is 28.9 Å². The van der Waals surface area contributed by atoms with E-state index in [1.165, 1.54) is 22.3 Å². The highest BCUT2D eigenvalue weighted by Gasteiger charge is 2.15. The molecule has 0 aliphatic heterocycles. The van der Waals surface area contributed by atoms with Crippen molar-refractivity contribution in [3.63, 3.8) is 0 Å². The van der Waals surface area contributed by atoms with Crippen LogP contribution in [0.25, 0.3) is 5.69 Å². The summed E-state index contributed by atoms with van der Waals surface area (Å²) in [4.78, 5) is 25.3. The van der Waals surface area contributed by atoms with Crippen molar-refractivity contribution in [2.45, 2.75) is 0 Å². The van der Waals surface area contributed by atoms with Gasteiger partial charge in [0.15, 0.2) is 0 Å². The average Bonchev–Trinajstić information content (AvgIpc) is 3.43. The van der Waals surface area contributed by atoms with E-state index in [0.717, 1.165) is 0 Å². The highest BCUT2D eigenvalue weighted by Crippen LogP contribution is 2.20. The lowest BCUT2D eigenvalue weighted by Gasteiger charge is -2.09. The SMILES string of the molecule is O=C(Nc1ccc(OC(=O)c2ccccc2-n2cnnn2)cc1)c1cccs1. The molecular formula is C19H13N5O3S. The molecule has 0 aliphatic carbocycles. The number of hydrogen-bond acceptors (Lipinski definition) is 7. The number of tetrazole rings is 1. The van der Waals surface area contributed by atoms with Gasteiger partial charge in [-0.1, -0.05) is 18.2 Å². The Morgan fingerprint density at radius 1 is 1.00 bits per heavy atom. The van der Waals surface area contributed by atoms with E-state index in [4.69, 9.17) is 4.74 Å². The van der Waals surface area contributed by atoms with Crippen LogP contribution < -0.4 is 10.1 Å². The molecule has 2 aromatic carbocycles. The minimum atomic E-state index is -0.540. The topological polar surface area (TPSA) is 99.0 Å². The van der Waals surface area contributed by atoms with Gasteiger partial charge in [0.25, 0.3) is 5.91 Å². The molecule has 0 aliphatic rings. The lowest BCUT2D eigenvalue weighted by molar-refractivity contribution is 0.0734. The summed E-state index contributed by atoms with van der Waals surface area (Å²) in [7, 11) is 0. The fourth-order valence-electron chi connectivity index (χ4n) is 2.49. The highest BCUT2D eigenvalue weighted by molar-refractivity contribution is 7.12. The molecule has 0 saturated carbocycles. The second-order valence-electron chi connectivity index (χ2n) is 5.62. The van der Waals surface area contributed by atoms with Gasteiger partial charge in [-0.05, 0) is 58.3 Å². The largest absolute Gasteiger partial charge is 0.423 e. The third-order valence-corrected chi connectivity index (χ3v) is 4.66. The van der Waals surface area contributed by atoms with Crippen LogP contribution in [0.1, 0.15) is 20.0 Å². The number of aromatic nitrogens is 4. The fourth-order valence-corrected chi connectivity index (χ4v) is 3.11. The highest BCUT2D eigenvalue weighted by atomic mass is 32.1. The van der Waals surface area contributed by atoms with E-state index < -0.39 is 5.97 Å². The van der Waals surface area contributed by atoms with Crippen LogP contribution >= 0.6 is 11.3 Å². The van der Waals surface area contributed by atoms with Gasteiger partial charge in [0.1, 0.15) is 12.1 Å². The maximum Gasteiger partial charge on any atom is 0.345 e. The van der Waals surface area contributed by atoms with Gasteiger partial charge < -0.3 is 10.1 Å². The quantitative estimate of drug-likeness (QED) is 0.414. The molecular weight excluding hydrogens is 378 g/mol. The second kappa shape index (κ2) is 7.80. The Bertz CT molecular complexity index is 1090. The van der Waals surface area contributed by atoms with Crippen LogP contribution in [0.5, 0.6) is 5.75 Å². The van der Waals surface area contributed by atoms with Gasteiger partial charge in [0, 0.05) is 5.69 Å². The van der Waals surface area contributed by atoms with E-state index in [-0.39, 0.29) is 5.91 Å². The number of anilines is 1. The Hall–Kier alpha value is -3.85. The number of thiophene rings is 1. The summed E-state index contributed by atoms with van der Waals surface area (Å²) in [5.74, 6) is -0.373. The van der Waals surface area contributed by atoms with Crippen molar-refractivity contribution in [3.8, 4) is 11.4 Å². The van der Waals surface area contributed by atoms with E-state index in [0.29, 0.717) is 27.6 Å². The molecule has 0 spiro atoms. The van der Waals surface area contributed by atoms with Gasteiger partial charge in [-0.25, -0.2) is 4.79 Å². The third-order valence-electron chi connectivity index (χ3n) is 3.79. The van der Waals surface area contributed by atoms with Gasteiger partial charge in [-0.3, -0.25) is 4.79 Å². The first-order valence-corrected chi connectivity index (χ1v) is 9.08. The van der Waals surface area contributed by atoms with Crippen molar-refractivity contribution in [1.29, 1.82) is 0 Å². The summed E-state index contributed by atoms with van der Waals surface area (Å²) in [6.45, 7) is 0. The standard InChI is InChI=1S/C19H13N5O3S/c25-18(17-6-3-11-28-17)21-13-7-9-14(10-8-13)27-19(26)15-4-1-2-5-16(15)24-12-20-22-23-24/h1-12H,(H,21,25). The van der Waals surface area contributed by atoms with Gasteiger partial charge in [-0.15, -0.1) is 16.4 Å². The lowest BCUT2D eigenvalue weighted by Crippen LogP contribution is -2.13. The van der Waals surface area contributed by atoms with Crippen molar-refractivity contribution in [2.24, 2.45) is 0 Å². The van der Waals surface area contributed by atoms with E-state index in [1.807, 2.05) is 11.4 Å². The molecule has 0 fully saturated rings. The normalized spacial score (nSPS) is 10.4. The number of rotatable bonds is 5. The number of ether oxygens (including phenoxy) is 1. The molecule has 2 aromatic heterocycles. The maximum absolute atomic E-state index is 12.6. The first-order valence-electron chi connectivity index (χ1n) is 8.20. The molecule has 1 N–H and O–H groups in total. The number of carbonyl (C=O) groups excluding carboxylic acids is 2. The zero-order valence-corrected chi connectivity index (χ0v) is 15.2. The number of benzene rings is 2. The summed E-state index contributed by atoms with van der Waals surface area (Å²) < 4.78 is 6.83. The number of nitrogens with one attached hydrogen (secondary N) is 1. The molecule has 138 valence electrons. The van der Waals surface area contributed by atoms with E-state index in [9.17, 15) is 9.59 Å². The van der Waals surface area contributed by atoms with E-state index in [1.54, 1.807) is 54.6 Å². The summed E-state index contributed by atoms with van der Waals surface area (Å²) >= 11 is 1.36. The number of esters is 1. The third kappa shape index (κ3) is 3.79. The predicted molar refractivity (Wildman–Crippen MR) is 103 cm³/mol. The van der Waals surface area contributed by atoms with Crippen molar-refractivity contribution in [3.05, 3.63) is 82.8 Å². The van der Waals surface area contributed by atoms with Gasteiger partial charge >= 0.3 is 5.97 Å². The summed E-state index contributed by atoms with van der Waals surface area (Å²) in [5.41, 5.74) is 1.44. The van der Waals surface area contributed by atoms with E-state index in [2.05, 4.69) is 20.8 Å². The number of para-hydroxylation sites is 1. The number of nitrogens with zero attached hydrogens (tertiary/aromatic N) is 4. The van der Waals surface area contributed by atoms with Crippen LogP contribution in [0.2, 0.25) is 0 Å². The van der Waals surface area contributed by atoms with Crippen LogP contribution in [0.4, 0.5) is 5.69 Å². The van der Waals surface area contributed by atoms with Gasteiger partial charge in [0.2, 0.25) is 0 Å². The Morgan fingerprint density at radius 3 is 2.54 bits per heavy atom. The summed E-state index contributed by atoms with van der Waals surface area (Å²) in [5, 5.41) is 15.6. The molecule has 4 aromatic rings. The van der Waals surface area contributed by atoms with Crippen molar-refractivity contribution in [2.75, 3.05) is 5.32 Å². The Balaban J connectivity index is 1.47. The first-order chi connectivity index (χ1) is 13.7. The van der Waals surface area contributed by atoms with Crippen molar-refractivity contribution in [1.82, 2.24) is 20.2 Å². The molecule has 0 saturated heterocycles. The van der Waals surface area contributed by atoms with Crippen LogP contribution in [0, 0.1) is 0 Å². The molecule has 28 heavy (non-hydrogen) atoms. The number of hydrogen-bond donors (Lipinski definition) is 1. The molecule has 8 nitrogen and oxygen atoms in total. The molecule has 2 heterocycles. The van der Waals surface area contributed by atoms with Crippen LogP contribution in [0.15, 0.2) is 72.4 Å². The zero-order valence-electron chi connectivity index (χ0n) is 14.4. The molecule has 0 radical (unpaired) electrons. The van der Waals surface area contributed by atoms with Crippen LogP contribution in [-0.2, 0) is 0 Å². The summed E-state index contributed by atoms with van der Waals surface area (Å²) in [6, 6.07) is 17.0. The Morgan fingerprint density at radius 2 is 1.82 bits per heavy atom. The van der Waals surface area contributed by atoms with Crippen molar-refractivity contribution < 1.29 is 14.3 Å².